The third kappa shape index (κ3) is 3.03. The van der Waals surface area contributed by atoms with Crippen molar-refractivity contribution in [3.8, 4) is 0 Å². The molecule has 0 unspecified atom stereocenters. The third-order valence-corrected chi connectivity index (χ3v) is 4.54. The monoisotopic (exact) mass is 289 g/mol. The van der Waals surface area contributed by atoms with E-state index in [0.717, 1.165) is 19.6 Å². The maximum Gasteiger partial charge on any atom is 0.115 e. The molecular formula is C14H19N5S. The lowest BCUT2D eigenvalue weighted by molar-refractivity contribution is 0.311. The number of fused-ring (bicyclic) bond motifs is 2. The minimum atomic E-state index is 0.970. The molecule has 0 amide bonds. The lowest BCUT2D eigenvalue weighted by atomic mass is 10.2. The molecule has 2 aromatic heterocycles. The van der Waals surface area contributed by atoms with Gasteiger partial charge in [0.05, 0.1) is 16.9 Å². The highest BCUT2D eigenvalue weighted by Gasteiger charge is 2.15. The molecule has 20 heavy (non-hydrogen) atoms. The van der Waals surface area contributed by atoms with E-state index in [1.807, 2.05) is 11.7 Å². The summed E-state index contributed by atoms with van der Waals surface area (Å²) in [5.74, 6) is 0. The Labute approximate surface area is 123 Å². The topological polar surface area (TPSA) is 45.2 Å². The lowest BCUT2D eigenvalue weighted by Crippen LogP contribution is -2.25. The summed E-state index contributed by atoms with van der Waals surface area (Å²) in [6.45, 7) is 4.20. The van der Waals surface area contributed by atoms with Gasteiger partial charge in [-0.05, 0) is 20.5 Å². The summed E-state index contributed by atoms with van der Waals surface area (Å²) in [5, 5.41) is 0. The van der Waals surface area contributed by atoms with E-state index in [-0.39, 0.29) is 0 Å². The van der Waals surface area contributed by atoms with E-state index in [9.17, 15) is 0 Å². The number of rotatable bonds is 0. The van der Waals surface area contributed by atoms with Gasteiger partial charge in [-0.2, -0.15) is 0 Å². The zero-order valence-electron chi connectivity index (χ0n) is 11.9. The van der Waals surface area contributed by atoms with Crippen LogP contribution >= 0.6 is 11.3 Å². The molecule has 0 saturated heterocycles. The first kappa shape index (κ1) is 13.6. The summed E-state index contributed by atoms with van der Waals surface area (Å²) < 4.78 is 0. The Hall–Kier alpha value is -1.37. The normalized spacial score (nSPS) is 18.1. The van der Waals surface area contributed by atoms with Gasteiger partial charge in [-0.3, -0.25) is 4.90 Å². The maximum atomic E-state index is 4.28. The molecule has 2 aliphatic rings. The Morgan fingerprint density at radius 3 is 2.75 bits per heavy atom. The van der Waals surface area contributed by atoms with E-state index in [1.54, 1.807) is 17.7 Å². The lowest BCUT2D eigenvalue weighted by Gasteiger charge is -2.20. The van der Waals surface area contributed by atoms with Crippen LogP contribution in [0.25, 0.3) is 0 Å². The summed E-state index contributed by atoms with van der Waals surface area (Å²) in [6, 6.07) is 0. The SMILES string of the molecule is CN1CCc2scnc2C1.CN1Cc2cncnc2C1. The number of aromatic nitrogens is 3. The predicted octanol–water partition coefficient (Wildman–Crippen LogP) is 1.55. The molecule has 0 spiro atoms. The Morgan fingerprint density at radius 1 is 1.05 bits per heavy atom. The second-order valence-electron chi connectivity index (χ2n) is 5.38. The van der Waals surface area contributed by atoms with Crippen LogP contribution in [0.5, 0.6) is 0 Å². The zero-order valence-corrected chi connectivity index (χ0v) is 12.7. The molecule has 2 aliphatic heterocycles. The Morgan fingerprint density at radius 2 is 1.90 bits per heavy atom. The van der Waals surface area contributed by atoms with Crippen molar-refractivity contribution < 1.29 is 0 Å². The first-order chi connectivity index (χ1) is 9.72. The molecule has 0 bridgehead atoms. The van der Waals surface area contributed by atoms with Crippen molar-refractivity contribution >= 4 is 11.3 Å². The molecule has 0 radical (unpaired) electrons. The van der Waals surface area contributed by atoms with Gasteiger partial charge < -0.3 is 4.90 Å². The third-order valence-electron chi connectivity index (χ3n) is 3.61. The molecule has 0 saturated carbocycles. The first-order valence-electron chi connectivity index (χ1n) is 6.78. The molecule has 6 heteroatoms. The smallest absolute Gasteiger partial charge is 0.115 e. The molecule has 0 aliphatic carbocycles. The average molecular weight is 289 g/mol. The Balaban J connectivity index is 0.000000121. The highest BCUT2D eigenvalue weighted by Crippen LogP contribution is 2.19. The van der Waals surface area contributed by atoms with E-state index >= 15 is 0 Å². The van der Waals surface area contributed by atoms with Crippen LogP contribution < -0.4 is 0 Å². The van der Waals surface area contributed by atoms with Crippen LogP contribution in [-0.4, -0.2) is 45.4 Å². The van der Waals surface area contributed by atoms with E-state index in [1.165, 1.54) is 34.8 Å². The van der Waals surface area contributed by atoms with Gasteiger partial charge in [0.1, 0.15) is 6.33 Å². The number of hydrogen-bond donors (Lipinski definition) is 0. The van der Waals surface area contributed by atoms with Crippen molar-refractivity contribution in [2.24, 2.45) is 0 Å². The highest BCUT2D eigenvalue weighted by atomic mass is 32.1. The molecular weight excluding hydrogens is 270 g/mol. The van der Waals surface area contributed by atoms with Gasteiger partial charge in [0.2, 0.25) is 0 Å². The van der Waals surface area contributed by atoms with E-state index in [0.29, 0.717) is 0 Å². The van der Waals surface area contributed by atoms with Crippen LogP contribution in [0.1, 0.15) is 21.8 Å². The predicted molar refractivity (Wildman–Crippen MR) is 79.4 cm³/mol. The minimum Gasteiger partial charge on any atom is -0.300 e. The Kier molecular flexibility index (Phi) is 4.05. The van der Waals surface area contributed by atoms with Crippen molar-refractivity contribution in [3.63, 3.8) is 0 Å². The van der Waals surface area contributed by atoms with Gasteiger partial charge in [0.15, 0.2) is 0 Å². The summed E-state index contributed by atoms with van der Waals surface area (Å²) in [7, 11) is 4.23. The Bertz CT molecular complexity index is 557. The van der Waals surface area contributed by atoms with Gasteiger partial charge in [-0.15, -0.1) is 11.3 Å². The molecule has 106 valence electrons. The van der Waals surface area contributed by atoms with Gasteiger partial charge >= 0.3 is 0 Å². The van der Waals surface area contributed by atoms with Crippen molar-refractivity contribution in [3.05, 3.63) is 39.9 Å². The van der Waals surface area contributed by atoms with Crippen molar-refractivity contribution in [1.82, 2.24) is 24.8 Å². The number of likely N-dealkylation sites (N-methyl/N-ethyl adjacent to an activating group) is 1. The highest BCUT2D eigenvalue weighted by molar-refractivity contribution is 7.09. The molecule has 0 aromatic carbocycles. The average Bonchev–Trinajstić information content (AvgIpc) is 3.03. The molecule has 4 rings (SSSR count). The van der Waals surface area contributed by atoms with Crippen LogP contribution in [0.15, 0.2) is 18.0 Å². The molecule has 0 atom stereocenters. The van der Waals surface area contributed by atoms with Gasteiger partial charge in [-0.25, -0.2) is 15.0 Å². The van der Waals surface area contributed by atoms with Crippen LogP contribution in [0.3, 0.4) is 0 Å². The number of thiazole rings is 1. The van der Waals surface area contributed by atoms with Crippen molar-refractivity contribution in [1.29, 1.82) is 0 Å². The molecule has 2 aromatic rings. The molecule has 5 nitrogen and oxygen atoms in total. The molecule has 0 fully saturated rings. The minimum absolute atomic E-state index is 0.970. The van der Waals surface area contributed by atoms with Gasteiger partial charge in [0, 0.05) is 42.8 Å². The fourth-order valence-corrected chi connectivity index (χ4v) is 3.28. The van der Waals surface area contributed by atoms with Gasteiger partial charge in [-0.1, -0.05) is 0 Å². The largest absolute Gasteiger partial charge is 0.300 e. The summed E-state index contributed by atoms with van der Waals surface area (Å²) >= 11 is 1.79. The standard InChI is InChI=1S/C7H9N3.C7H10N2S/c1-10-3-6-2-8-5-9-7(6)4-10;1-9-3-2-7-6(4-9)8-5-10-7/h2,5H,3-4H2,1H3;5H,2-4H2,1H3. The second kappa shape index (κ2) is 5.95. The van der Waals surface area contributed by atoms with Crippen LogP contribution in [-0.2, 0) is 26.1 Å². The number of nitrogens with zero attached hydrogens (tertiary/aromatic N) is 5. The summed E-state index contributed by atoms with van der Waals surface area (Å²) in [4.78, 5) is 18.4. The molecule has 4 heterocycles. The van der Waals surface area contributed by atoms with Crippen molar-refractivity contribution in [2.45, 2.75) is 26.1 Å². The van der Waals surface area contributed by atoms with E-state index < -0.39 is 0 Å². The van der Waals surface area contributed by atoms with E-state index in [4.69, 9.17) is 0 Å². The van der Waals surface area contributed by atoms with E-state index in [2.05, 4.69) is 38.8 Å². The fraction of sp³-hybridized carbons (Fsp3) is 0.500. The first-order valence-corrected chi connectivity index (χ1v) is 7.66. The van der Waals surface area contributed by atoms with Crippen LogP contribution in [0.2, 0.25) is 0 Å². The fourth-order valence-electron chi connectivity index (χ4n) is 2.51. The molecule has 0 N–H and O–H groups in total. The second-order valence-corrected chi connectivity index (χ2v) is 6.32. The summed E-state index contributed by atoms with van der Waals surface area (Å²) in [6.07, 6.45) is 4.69. The maximum absolute atomic E-state index is 4.28. The van der Waals surface area contributed by atoms with Crippen LogP contribution in [0, 0.1) is 0 Å². The summed E-state index contributed by atoms with van der Waals surface area (Å²) in [5.41, 5.74) is 5.69. The zero-order chi connectivity index (χ0) is 13.9. The van der Waals surface area contributed by atoms with Gasteiger partial charge in [0.25, 0.3) is 0 Å². The van der Waals surface area contributed by atoms with Crippen LogP contribution in [0.4, 0.5) is 0 Å². The number of hydrogen-bond acceptors (Lipinski definition) is 6. The quantitative estimate of drug-likeness (QED) is 0.736. The van der Waals surface area contributed by atoms with Crippen molar-refractivity contribution in [2.75, 3.05) is 20.6 Å².